The predicted octanol–water partition coefficient (Wildman–Crippen LogP) is 4.15. The number of rotatable bonds is 4. The smallest absolute Gasteiger partial charge is 0.421 e. The van der Waals surface area contributed by atoms with Crippen LogP contribution in [0, 0.1) is 6.92 Å². The lowest BCUT2D eigenvalue weighted by molar-refractivity contribution is -0.391. The van der Waals surface area contributed by atoms with Crippen molar-refractivity contribution in [1.82, 2.24) is 9.88 Å². The summed E-state index contributed by atoms with van der Waals surface area (Å²) in [5.74, 6) is -1.13. The molecule has 1 aliphatic heterocycles. The number of aliphatic hydroxyl groups excluding tert-OH is 1. The fourth-order valence-electron chi connectivity index (χ4n) is 3.11. The Balaban J connectivity index is 1.64. The van der Waals surface area contributed by atoms with E-state index in [2.05, 4.69) is 19.8 Å². The van der Waals surface area contributed by atoms with Crippen LogP contribution in [0.3, 0.4) is 0 Å². The van der Waals surface area contributed by atoms with Gasteiger partial charge in [0.15, 0.2) is 16.3 Å². The van der Waals surface area contributed by atoms with Crippen molar-refractivity contribution in [3.05, 3.63) is 70.0 Å². The second-order valence-electron chi connectivity index (χ2n) is 7.07. The maximum Gasteiger partial charge on any atom is 0.507 e. The van der Waals surface area contributed by atoms with E-state index in [1.54, 1.807) is 43.5 Å². The van der Waals surface area contributed by atoms with Crippen LogP contribution in [0.5, 0.6) is 11.5 Å². The number of hydrogen-bond acceptors (Lipinski definition) is 5. The third-order valence-electron chi connectivity index (χ3n) is 4.67. The largest absolute Gasteiger partial charge is 0.507 e. The Labute approximate surface area is 188 Å². The van der Waals surface area contributed by atoms with Crippen LogP contribution in [-0.2, 0) is 0 Å². The highest BCUT2D eigenvalue weighted by molar-refractivity contribution is 7.09. The van der Waals surface area contributed by atoms with Crippen molar-refractivity contribution in [2.24, 2.45) is 4.99 Å². The molecule has 0 spiro atoms. The highest BCUT2D eigenvalue weighted by Crippen LogP contribution is 2.47. The SMILES string of the molecule is Cc1cn(-c2ccc3c(c2)OC(F)(F)C(F)(F)O3)c(=NC(=O)N[C@H](CO)c2ccccc2)s1. The van der Waals surface area contributed by atoms with E-state index in [9.17, 15) is 27.5 Å². The average molecular weight is 483 g/mol. The number of carbonyl (C=O) groups is 1. The molecule has 2 aromatic carbocycles. The quantitative estimate of drug-likeness (QED) is 0.546. The Bertz CT molecular complexity index is 1240. The Morgan fingerprint density at radius 2 is 1.79 bits per heavy atom. The number of carbonyl (C=O) groups excluding carboxylic acids is 1. The molecule has 0 fully saturated rings. The van der Waals surface area contributed by atoms with E-state index in [0.29, 0.717) is 5.56 Å². The van der Waals surface area contributed by atoms with Gasteiger partial charge in [-0.3, -0.25) is 4.57 Å². The number of urea groups is 1. The first-order valence-corrected chi connectivity index (χ1v) is 10.4. The lowest BCUT2D eigenvalue weighted by Gasteiger charge is -2.31. The Kier molecular flexibility index (Phi) is 5.89. The minimum absolute atomic E-state index is 0.184. The number of aliphatic hydroxyl groups is 1. The minimum Gasteiger partial charge on any atom is -0.421 e. The van der Waals surface area contributed by atoms with E-state index < -0.39 is 35.8 Å². The number of hydrogen-bond donors (Lipinski definition) is 2. The second-order valence-corrected chi connectivity index (χ2v) is 8.28. The Morgan fingerprint density at radius 1 is 1.12 bits per heavy atom. The highest BCUT2D eigenvalue weighted by atomic mass is 32.1. The molecule has 4 rings (SSSR count). The molecular formula is C21H17F4N3O4S. The molecule has 0 aliphatic carbocycles. The summed E-state index contributed by atoms with van der Waals surface area (Å²) in [6, 6.07) is 10.9. The summed E-state index contributed by atoms with van der Waals surface area (Å²) in [5, 5.41) is 12.2. The fraction of sp³-hybridized carbons (Fsp3) is 0.238. The first-order valence-electron chi connectivity index (χ1n) is 9.58. The van der Waals surface area contributed by atoms with E-state index in [4.69, 9.17) is 0 Å². The van der Waals surface area contributed by atoms with Crippen molar-refractivity contribution in [3.63, 3.8) is 0 Å². The maximum absolute atomic E-state index is 13.6. The number of aromatic nitrogens is 1. The summed E-state index contributed by atoms with van der Waals surface area (Å²) in [7, 11) is 0. The third-order valence-corrected chi connectivity index (χ3v) is 5.57. The summed E-state index contributed by atoms with van der Waals surface area (Å²) < 4.78 is 63.6. The van der Waals surface area contributed by atoms with Crippen LogP contribution in [0.1, 0.15) is 16.5 Å². The van der Waals surface area contributed by atoms with Gasteiger partial charge in [0, 0.05) is 17.1 Å². The molecule has 0 unspecified atom stereocenters. The molecule has 2 amide bonds. The van der Waals surface area contributed by atoms with Crippen LogP contribution in [0.25, 0.3) is 5.69 Å². The number of halogens is 4. The number of fused-ring (bicyclic) bond motifs is 1. The van der Waals surface area contributed by atoms with Gasteiger partial charge < -0.3 is 19.9 Å². The molecule has 0 saturated carbocycles. The molecule has 1 aliphatic rings. The van der Waals surface area contributed by atoms with Gasteiger partial charge in [0.25, 0.3) is 0 Å². The zero-order valence-electron chi connectivity index (χ0n) is 17.0. The summed E-state index contributed by atoms with van der Waals surface area (Å²) in [6.45, 7) is 1.39. The summed E-state index contributed by atoms with van der Waals surface area (Å²) >= 11 is 1.14. The highest BCUT2D eigenvalue weighted by Gasteiger charge is 2.65. The van der Waals surface area contributed by atoms with Gasteiger partial charge in [-0.15, -0.1) is 11.3 Å². The molecule has 7 nitrogen and oxygen atoms in total. The standard InChI is InChI=1S/C21H17F4N3O4S/c1-12-10-28(14-7-8-16-17(9-14)32-21(24,25)20(22,23)31-16)19(33-12)27-18(30)26-15(11-29)13-5-3-2-4-6-13/h2-10,15,29H,11H2,1H3,(H,26,30)/t15-/m1/s1. The van der Waals surface area contributed by atoms with Gasteiger partial charge in [0.1, 0.15) is 0 Å². The molecule has 0 radical (unpaired) electrons. The molecule has 0 saturated heterocycles. The van der Waals surface area contributed by atoms with Crippen molar-refractivity contribution >= 4 is 17.4 Å². The number of thiazole rings is 1. The first-order chi connectivity index (χ1) is 15.6. The number of amides is 2. The number of alkyl halides is 4. The molecule has 174 valence electrons. The van der Waals surface area contributed by atoms with Crippen LogP contribution < -0.4 is 19.6 Å². The maximum atomic E-state index is 13.6. The molecular weight excluding hydrogens is 466 g/mol. The summed E-state index contributed by atoms with van der Waals surface area (Å²) in [4.78, 5) is 17.4. The number of ether oxygens (including phenoxy) is 2. The number of nitrogens with zero attached hydrogens (tertiary/aromatic N) is 2. The Morgan fingerprint density at radius 3 is 2.45 bits per heavy atom. The minimum atomic E-state index is -4.85. The Hall–Kier alpha value is -3.38. The molecule has 2 heterocycles. The predicted molar refractivity (Wildman–Crippen MR) is 110 cm³/mol. The molecule has 2 N–H and O–H groups in total. The normalized spacial score (nSPS) is 17.5. The van der Waals surface area contributed by atoms with Gasteiger partial charge >= 0.3 is 18.2 Å². The van der Waals surface area contributed by atoms with Crippen LogP contribution >= 0.6 is 11.3 Å². The van der Waals surface area contributed by atoms with Crippen molar-refractivity contribution in [1.29, 1.82) is 0 Å². The van der Waals surface area contributed by atoms with Crippen LogP contribution in [0.2, 0.25) is 0 Å². The molecule has 1 atom stereocenters. The number of benzene rings is 2. The third kappa shape index (κ3) is 4.57. The second kappa shape index (κ2) is 8.52. The zero-order chi connectivity index (χ0) is 23.8. The van der Waals surface area contributed by atoms with E-state index in [0.717, 1.165) is 28.3 Å². The van der Waals surface area contributed by atoms with E-state index >= 15 is 0 Å². The molecule has 1 aromatic heterocycles. The van der Waals surface area contributed by atoms with Gasteiger partial charge in [-0.2, -0.15) is 22.6 Å². The molecule has 12 heteroatoms. The topological polar surface area (TPSA) is 85.1 Å². The van der Waals surface area contributed by atoms with Crippen LogP contribution in [0.4, 0.5) is 22.4 Å². The molecule has 3 aromatic rings. The fourth-order valence-corrected chi connectivity index (χ4v) is 3.94. The molecule has 0 bridgehead atoms. The van der Waals surface area contributed by atoms with E-state index in [1.165, 1.54) is 10.6 Å². The lowest BCUT2D eigenvalue weighted by Crippen LogP contribution is -2.52. The van der Waals surface area contributed by atoms with E-state index in [-0.39, 0.29) is 17.1 Å². The zero-order valence-corrected chi connectivity index (χ0v) is 17.8. The molecule has 33 heavy (non-hydrogen) atoms. The van der Waals surface area contributed by atoms with Crippen LogP contribution in [0.15, 0.2) is 59.7 Å². The van der Waals surface area contributed by atoms with Gasteiger partial charge in [0.05, 0.1) is 18.3 Å². The van der Waals surface area contributed by atoms with Crippen molar-refractivity contribution in [3.8, 4) is 17.2 Å². The van der Waals surface area contributed by atoms with Crippen molar-refractivity contribution in [2.75, 3.05) is 6.61 Å². The van der Waals surface area contributed by atoms with Gasteiger partial charge in [-0.25, -0.2) is 4.79 Å². The van der Waals surface area contributed by atoms with Gasteiger partial charge in [-0.05, 0) is 24.6 Å². The lowest BCUT2D eigenvalue weighted by atomic mass is 10.1. The van der Waals surface area contributed by atoms with Crippen LogP contribution in [-0.4, -0.2) is 34.5 Å². The number of aryl methyl sites for hydroxylation is 1. The van der Waals surface area contributed by atoms with Crippen molar-refractivity contribution < 1.29 is 36.9 Å². The van der Waals surface area contributed by atoms with E-state index in [1.807, 2.05) is 0 Å². The van der Waals surface area contributed by atoms with Crippen molar-refractivity contribution in [2.45, 2.75) is 25.2 Å². The summed E-state index contributed by atoms with van der Waals surface area (Å²) in [5.41, 5.74) is 0.916. The average Bonchev–Trinajstić information content (AvgIpc) is 3.12. The van der Waals surface area contributed by atoms with Gasteiger partial charge in [0.2, 0.25) is 0 Å². The van der Waals surface area contributed by atoms with Gasteiger partial charge in [-0.1, -0.05) is 30.3 Å². The first kappa shape index (κ1) is 22.8. The number of nitrogens with one attached hydrogen (secondary N) is 1. The summed E-state index contributed by atoms with van der Waals surface area (Å²) in [6.07, 6.45) is -8.07. The monoisotopic (exact) mass is 483 g/mol.